The number of aromatic amines is 1. The minimum atomic E-state index is -0.203. The van der Waals surface area contributed by atoms with Crippen molar-refractivity contribution in [2.75, 3.05) is 6.54 Å². The Balaban J connectivity index is 1.71. The maximum Gasteiger partial charge on any atom is 0.226 e. The first-order valence-electron chi connectivity index (χ1n) is 6.80. The number of aromatic nitrogens is 1. The maximum atomic E-state index is 13.3. The molecule has 2 aliphatic rings. The normalized spacial score (nSPS) is 18.7. The third kappa shape index (κ3) is 1.74. The lowest BCUT2D eigenvalue weighted by molar-refractivity contribution is -0.133. The second-order valence-corrected chi connectivity index (χ2v) is 5.56. The van der Waals surface area contributed by atoms with Crippen LogP contribution in [0, 0.1) is 11.7 Å². The van der Waals surface area contributed by atoms with Crippen molar-refractivity contribution < 1.29 is 9.18 Å². The fraction of sp³-hybridized carbons (Fsp3) is 0.400. The molecule has 0 saturated heterocycles. The van der Waals surface area contributed by atoms with Gasteiger partial charge in [-0.25, -0.2) is 4.39 Å². The first kappa shape index (κ1) is 11.0. The molecule has 4 rings (SSSR count). The second-order valence-electron chi connectivity index (χ2n) is 5.56. The highest BCUT2D eigenvalue weighted by Gasteiger charge is 2.35. The predicted molar refractivity (Wildman–Crippen MR) is 70.1 cm³/mol. The molecule has 1 aliphatic heterocycles. The molecule has 1 aromatic carbocycles. The van der Waals surface area contributed by atoms with Crippen LogP contribution in [0.2, 0.25) is 0 Å². The van der Waals surface area contributed by atoms with Gasteiger partial charge in [-0.2, -0.15) is 0 Å². The second kappa shape index (κ2) is 3.83. The third-order valence-corrected chi connectivity index (χ3v) is 4.18. The molecule has 98 valence electrons. The van der Waals surface area contributed by atoms with Crippen molar-refractivity contribution in [2.45, 2.75) is 25.8 Å². The molecule has 1 aromatic heterocycles. The number of rotatable bonds is 1. The summed E-state index contributed by atoms with van der Waals surface area (Å²) in [6.07, 6.45) is 2.90. The van der Waals surface area contributed by atoms with Gasteiger partial charge < -0.3 is 9.88 Å². The number of amides is 1. The summed E-state index contributed by atoms with van der Waals surface area (Å²) >= 11 is 0. The van der Waals surface area contributed by atoms with Crippen molar-refractivity contribution in [3.05, 3.63) is 35.3 Å². The van der Waals surface area contributed by atoms with Gasteiger partial charge in [0.05, 0.1) is 6.54 Å². The standard InChI is InChI=1S/C15H15FN2O/c16-10-3-4-13-12(7-10)11-5-6-18(8-14(11)17-13)15(19)9-1-2-9/h3-4,7,9,17H,1-2,5-6,8H2. The highest BCUT2D eigenvalue weighted by molar-refractivity contribution is 5.86. The van der Waals surface area contributed by atoms with Crippen LogP contribution in [0.3, 0.4) is 0 Å². The first-order chi connectivity index (χ1) is 9.22. The number of hydrogen-bond donors (Lipinski definition) is 1. The highest BCUT2D eigenvalue weighted by Crippen LogP contribution is 2.34. The molecule has 2 heterocycles. The Kier molecular flexibility index (Phi) is 2.22. The van der Waals surface area contributed by atoms with Gasteiger partial charge in [0.15, 0.2) is 0 Å². The largest absolute Gasteiger partial charge is 0.357 e. The minimum Gasteiger partial charge on any atom is -0.357 e. The summed E-state index contributed by atoms with van der Waals surface area (Å²) in [6, 6.07) is 4.83. The molecular weight excluding hydrogens is 243 g/mol. The monoisotopic (exact) mass is 258 g/mol. The number of carbonyl (C=O) groups excluding carboxylic acids is 1. The van der Waals surface area contributed by atoms with Crippen LogP contribution in [0.1, 0.15) is 24.1 Å². The van der Waals surface area contributed by atoms with Gasteiger partial charge in [-0.3, -0.25) is 4.79 Å². The summed E-state index contributed by atoms with van der Waals surface area (Å²) in [5.74, 6) is 0.352. The minimum absolute atomic E-state index is 0.203. The van der Waals surface area contributed by atoms with E-state index in [4.69, 9.17) is 0 Å². The molecule has 1 aliphatic carbocycles. The number of hydrogen-bond acceptors (Lipinski definition) is 1. The third-order valence-electron chi connectivity index (χ3n) is 4.18. The van der Waals surface area contributed by atoms with E-state index in [0.717, 1.165) is 42.4 Å². The Bertz CT molecular complexity index is 672. The number of benzene rings is 1. The van der Waals surface area contributed by atoms with E-state index in [0.29, 0.717) is 6.54 Å². The molecule has 0 unspecified atom stereocenters. The van der Waals surface area contributed by atoms with Crippen LogP contribution in [0.5, 0.6) is 0 Å². The molecule has 0 bridgehead atoms. The van der Waals surface area contributed by atoms with Gasteiger partial charge in [0, 0.05) is 29.1 Å². The van der Waals surface area contributed by atoms with Crippen LogP contribution in [-0.2, 0) is 17.8 Å². The van der Waals surface area contributed by atoms with E-state index in [-0.39, 0.29) is 17.6 Å². The summed E-state index contributed by atoms with van der Waals surface area (Å²) in [5, 5.41) is 0.966. The molecular formula is C15H15FN2O. The topological polar surface area (TPSA) is 36.1 Å². The number of fused-ring (bicyclic) bond motifs is 3. The molecule has 2 aromatic rings. The average molecular weight is 258 g/mol. The Morgan fingerprint density at radius 2 is 2.21 bits per heavy atom. The van der Waals surface area contributed by atoms with Crippen molar-refractivity contribution in [1.82, 2.24) is 9.88 Å². The van der Waals surface area contributed by atoms with Crippen LogP contribution in [-0.4, -0.2) is 22.3 Å². The van der Waals surface area contributed by atoms with Gasteiger partial charge in [-0.1, -0.05) is 0 Å². The number of carbonyl (C=O) groups is 1. The average Bonchev–Trinajstić information content (AvgIpc) is 3.19. The fourth-order valence-electron chi connectivity index (χ4n) is 2.99. The van der Waals surface area contributed by atoms with Gasteiger partial charge in [0.1, 0.15) is 5.82 Å². The first-order valence-corrected chi connectivity index (χ1v) is 6.80. The van der Waals surface area contributed by atoms with E-state index in [1.54, 1.807) is 12.1 Å². The molecule has 1 fully saturated rings. The van der Waals surface area contributed by atoms with Gasteiger partial charge in [-0.15, -0.1) is 0 Å². The van der Waals surface area contributed by atoms with Gasteiger partial charge in [-0.05, 0) is 43.0 Å². The fourth-order valence-corrected chi connectivity index (χ4v) is 2.99. The van der Waals surface area contributed by atoms with Crippen LogP contribution in [0.4, 0.5) is 4.39 Å². The van der Waals surface area contributed by atoms with Crippen molar-refractivity contribution in [1.29, 1.82) is 0 Å². The lowest BCUT2D eigenvalue weighted by atomic mass is 10.0. The van der Waals surface area contributed by atoms with E-state index >= 15 is 0 Å². The molecule has 1 amide bonds. The van der Waals surface area contributed by atoms with Crippen LogP contribution in [0.15, 0.2) is 18.2 Å². The Morgan fingerprint density at radius 3 is 3.00 bits per heavy atom. The summed E-state index contributed by atoms with van der Waals surface area (Å²) in [5.41, 5.74) is 3.21. The van der Waals surface area contributed by atoms with Gasteiger partial charge >= 0.3 is 0 Å². The Hall–Kier alpha value is -1.84. The molecule has 1 saturated carbocycles. The molecule has 0 atom stereocenters. The lowest BCUT2D eigenvalue weighted by Gasteiger charge is -2.27. The van der Waals surface area contributed by atoms with Crippen molar-refractivity contribution in [3.8, 4) is 0 Å². The maximum absolute atomic E-state index is 13.3. The molecule has 19 heavy (non-hydrogen) atoms. The number of nitrogens with zero attached hydrogens (tertiary/aromatic N) is 1. The summed E-state index contributed by atoms with van der Waals surface area (Å²) < 4.78 is 13.3. The number of H-pyrrole nitrogens is 1. The molecule has 1 N–H and O–H groups in total. The van der Waals surface area contributed by atoms with Crippen LogP contribution in [0.25, 0.3) is 10.9 Å². The van der Waals surface area contributed by atoms with E-state index in [1.807, 2.05) is 4.90 Å². The zero-order valence-corrected chi connectivity index (χ0v) is 10.6. The quantitative estimate of drug-likeness (QED) is 0.838. The van der Waals surface area contributed by atoms with Gasteiger partial charge in [0.25, 0.3) is 0 Å². The number of nitrogens with one attached hydrogen (secondary N) is 1. The molecule has 0 spiro atoms. The smallest absolute Gasteiger partial charge is 0.226 e. The lowest BCUT2D eigenvalue weighted by Crippen LogP contribution is -2.36. The highest BCUT2D eigenvalue weighted by atomic mass is 19.1. The molecule has 3 nitrogen and oxygen atoms in total. The van der Waals surface area contributed by atoms with Crippen LogP contribution < -0.4 is 0 Å². The van der Waals surface area contributed by atoms with Gasteiger partial charge in [0.2, 0.25) is 5.91 Å². The van der Waals surface area contributed by atoms with E-state index in [2.05, 4.69) is 4.98 Å². The van der Waals surface area contributed by atoms with E-state index in [9.17, 15) is 9.18 Å². The van der Waals surface area contributed by atoms with E-state index < -0.39 is 0 Å². The van der Waals surface area contributed by atoms with E-state index in [1.165, 1.54) is 11.6 Å². The Morgan fingerprint density at radius 1 is 1.37 bits per heavy atom. The SMILES string of the molecule is O=C(C1CC1)N1CCc2c([nH]c3ccc(F)cc23)C1. The number of halogens is 1. The van der Waals surface area contributed by atoms with Crippen molar-refractivity contribution >= 4 is 16.8 Å². The Labute approximate surface area is 110 Å². The molecule has 4 heteroatoms. The van der Waals surface area contributed by atoms with Crippen molar-refractivity contribution in [2.24, 2.45) is 5.92 Å². The summed E-state index contributed by atoms with van der Waals surface area (Å²) in [6.45, 7) is 1.40. The van der Waals surface area contributed by atoms with Crippen molar-refractivity contribution in [3.63, 3.8) is 0 Å². The zero-order valence-electron chi connectivity index (χ0n) is 10.6. The zero-order chi connectivity index (χ0) is 13.0. The summed E-state index contributed by atoms with van der Waals surface area (Å²) in [7, 11) is 0. The predicted octanol–water partition coefficient (Wildman–Crippen LogP) is 2.60. The molecule has 0 radical (unpaired) electrons. The summed E-state index contributed by atoms with van der Waals surface area (Å²) in [4.78, 5) is 17.4. The van der Waals surface area contributed by atoms with Crippen LogP contribution >= 0.6 is 0 Å².